The number of allylic oxidation sites excluding steroid dienone is 4. The standard InChI is InChI=1S/C11H17NS/c1-10-4-3-6-13-7-5-12-9-11(2)8-10/h3-4,6,8,12H,5,7,9H2,1-2H3/b6-3+,10-4-,11-8+. The van der Waals surface area contributed by atoms with Crippen LogP contribution >= 0.6 is 11.8 Å². The summed E-state index contributed by atoms with van der Waals surface area (Å²) in [7, 11) is 0. The lowest BCUT2D eigenvalue weighted by molar-refractivity contribution is 0.782. The van der Waals surface area contributed by atoms with Gasteiger partial charge in [0.15, 0.2) is 0 Å². The van der Waals surface area contributed by atoms with Gasteiger partial charge in [-0.15, -0.1) is 11.8 Å². The highest BCUT2D eigenvalue weighted by Gasteiger charge is 1.92. The van der Waals surface area contributed by atoms with Gasteiger partial charge in [-0.25, -0.2) is 0 Å². The summed E-state index contributed by atoms with van der Waals surface area (Å²) in [6.45, 7) is 6.39. The van der Waals surface area contributed by atoms with Crippen molar-refractivity contribution in [2.24, 2.45) is 0 Å². The van der Waals surface area contributed by atoms with Crippen molar-refractivity contribution in [2.75, 3.05) is 18.8 Å². The van der Waals surface area contributed by atoms with Crippen LogP contribution in [0.3, 0.4) is 0 Å². The van der Waals surface area contributed by atoms with Gasteiger partial charge in [-0.3, -0.25) is 0 Å². The van der Waals surface area contributed by atoms with Crippen LogP contribution < -0.4 is 5.32 Å². The van der Waals surface area contributed by atoms with Crippen LogP contribution in [0.2, 0.25) is 0 Å². The lowest BCUT2D eigenvalue weighted by Crippen LogP contribution is -2.18. The maximum absolute atomic E-state index is 3.40. The van der Waals surface area contributed by atoms with Crippen LogP contribution in [0, 0.1) is 0 Å². The predicted octanol–water partition coefficient (Wildman–Crippen LogP) is 2.73. The van der Waals surface area contributed by atoms with Crippen molar-refractivity contribution in [3.63, 3.8) is 0 Å². The molecule has 0 aromatic rings. The molecule has 72 valence electrons. The molecule has 0 bridgehead atoms. The van der Waals surface area contributed by atoms with E-state index in [1.165, 1.54) is 11.1 Å². The summed E-state index contributed by atoms with van der Waals surface area (Å²) in [5.41, 5.74) is 2.71. The van der Waals surface area contributed by atoms with Crippen LogP contribution in [-0.2, 0) is 0 Å². The van der Waals surface area contributed by atoms with Crippen LogP contribution in [0.5, 0.6) is 0 Å². The fourth-order valence-electron chi connectivity index (χ4n) is 1.22. The van der Waals surface area contributed by atoms with Gasteiger partial charge in [0.2, 0.25) is 0 Å². The smallest absolute Gasteiger partial charge is 0.0165 e. The second-order valence-electron chi connectivity index (χ2n) is 3.28. The first kappa shape index (κ1) is 10.6. The molecule has 0 atom stereocenters. The molecule has 0 radical (unpaired) electrons. The molecule has 0 fully saturated rings. The van der Waals surface area contributed by atoms with E-state index in [1.807, 2.05) is 11.8 Å². The Kier molecular flexibility index (Phi) is 4.94. The van der Waals surface area contributed by atoms with Gasteiger partial charge in [-0.2, -0.15) is 0 Å². The van der Waals surface area contributed by atoms with E-state index in [-0.39, 0.29) is 0 Å². The van der Waals surface area contributed by atoms with Crippen molar-refractivity contribution < 1.29 is 0 Å². The van der Waals surface area contributed by atoms with E-state index in [0.29, 0.717) is 0 Å². The van der Waals surface area contributed by atoms with Gasteiger partial charge in [-0.05, 0) is 19.3 Å². The number of hydrogen-bond acceptors (Lipinski definition) is 2. The Bertz CT molecular complexity index is 238. The molecule has 0 spiro atoms. The lowest BCUT2D eigenvalue weighted by Gasteiger charge is -2.03. The third-order valence-corrected chi connectivity index (χ3v) is 2.60. The monoisotopic (exact) mass is 195 g/mol. The topological polar surface area (TPSA) is 12.0 Å². The Balaban J connectivity index is 2.64. The molecule has 1 aliphatic rings. The van der Waals surface area contributed by atoms with Gasteiger partial charge >= 0.3 is 0 Å². The van der Waals surface area contributed by atoms with Gasteiger partial charge in [-0.1, -0.05) is 29.4 Å². The molecule has 1 heterocycles. The van der Waals surface area contributed by atoms with E-state index < -0.39 is 0 Å². The molecule has 0 saturated heterocycles. The van der Waals surface area contributed by atoms with Crippen LogP contribution in [0.25, 0.3) is 0 Å². The Morgan fingerprint density at radius 1 is 1.38 bits per heavy atom. The molecule has 13 heavy (non-hydrogen) atoms. The average Bonchev–Trinajstić information content (AvgIpc) is 2.11. The van der Waals surface area contributed by atoms with Gasteiger partial charge in [0.1, 0.15) is 0 Å². The highest BCUT2D eigenvalue weighted by Crippen LogP contribution is 2.06. The summed E-state index contributed by atoms with van der Waals surface area (Å²) in [4.78, 5) is 0. The quantitative estimate of drug-likeness (QED) is 0.638. The van der Waals surface area contributed by atoms with E-state index in [2.05, 4.69) is 42.8 Å². The molecule has 0 saturated carbocycles. The Morgan fingerprint density at radius 3 is 3.08 bits per heavy atom. The molecule has 0 amide bonds. The Hall–Kier alpha value is -0.470. The molecule has 0 aromatic carbocycles. The van der Waals surface area contributed by atoms with Crippen molar-refractivity contribution in [1.29, 1.82) is 0 Å². The fraction of sp³-hybridized carbons (Fsp3) is 0.455. The molecule has 2 heteroatoms. The number of thioether (sulfide) groups is 1. The third-order valence-electron chi connectivity index (χ3n) is 1.81. The minimum atomic E-state index is 1.01. The largest absolute Gasteiger partial charge is 0.312 e. The molecule has 1 aliphatic heterocycles. The molecule has 1 rings (SSSR count). The fourth-order valence-corrected chi connectivity index (χ4v) is 1.81. The van der Waals surface area contributed by atoms with Crippen LogP contribution in [0.4, 0.5) is 0 Å². The Labute approximate surface area is 85.0 Å². The summed E-state index contributed by atoms with van der Waals surface area (Å²) < 4.78 is 0. The zero-order chi connectivity index (χ0) is 9.52. The predicted molar refractivity (Wildman–Crippen MR) is 62.0 cm³/mol. The molecular weight excluding hydrogens is 178 g/mol. The molecular formula is C11H17NS. The van der Waals surface area contributed by atoms with E-state index in [4.69, 9.17) is 0 Å². The maximum atomic E-state index is 3.40. The van der Waals surface area contributed by atoms with Crippen molar-refractivity contribution in [2.45, 2.75) is 13.8 Å². The summed E-state index contributed by atoms with van der Waals surface area (Å²) in [5, 5.41) is 5.56. The van der Waals surface area contributed by atoms with Crippen molar-refractivity contribution in [3.05, 3.63) is 34.8 Å². The summed E-state index contributed by atoms with van der Waals surface area (Å²) in [6, 6.07) is 0. The number of nitrogens with one attached hydrogen (secondary N) is 1. The van der Waals surface area contributed by atoms with E-state index >= 15 is 0 Å². The van der Waals surface area contributed by atoms with Gasteiger partial charge in [0, 0.05) is 18.8 Å². The second-order valence-corrected chi connectivity index (χ2v) is 4.29. The minimum absolute atomic E-state index is 1.01. The third kappa shape index (κ3) is 4.96. The number of hydrogen-bond donors (Lipinski definition) is 1. The highest BCUT2D eigenvalue weighted by molar-refractivity contribution is 8.02. The van der Waals surface area contributed by atoms with Crippen molar-refractivity contribution in [1.82, 2.24) is 5.32 Å². The summed E-state index contributed by atoms with van der Waals surface area (Å²) >= 11 is 1.85. The highest BCUT2D eigenvalue weighted by atomic mass is 32.2. The molecule has 1 N–H and O–H groups in total. The molecule has 0 aliphatic carbocycles. The minimum Gasteiger partial charge on any atom is -0.312 e. The van der Waals surface area contributed by atoms with Crippen molar-refractivity contribution >= 4 is 11.8 Å². The SMILES string of the molecule is CC1=C/C=C/SCCNC\C(C)=C\1. The van der Waals surface area contributed by atoms with Crippen molar-refractivity contribution in [3.8, 4) is 0 Å². The second kappa shape index (κ2) is 6.06. The first-order valence-corrected chi connectivity index (χ1v) is 5.67. The first-order valence-electron chi connectivity index (χ1n) is 4.62. The molecule has 0 aromatic heterocycles. The van der Waals surface area contributed by atoms with Gasteiger partial charge < -0.3 is 5.32 Å². The summed E-state index contributed by atoms with van der Waals surface area (Å²) in [5.74, 6) is 1.15. The van der Waals surface area contributed by atoms with Crippen LogP contribution in [0.15, 0.2) is 34.8 Å². The maximum Gasteiger partial charge on any atom is 0.0165 e. The average molecular weight is 195 g/mol. The lowest BCUT2D eigenvalue weighted by atomic mass is 10.2. The van der Waals surface area contributed by atoms with Gasteiger partial charge in [0.05, 0.1) is 0 Å². The number of rotatable bonds is 0. The van der Waals surface area contributed by atoms with Crippen LogP contribution in [0.1, 0.15) is 13.8 Å². The Morgan fingerprint density at radius 2 is 2.23 bits per heavy atom. The zero-order valence-corrected chi connectivity index (χ0v) is 9.16. The summed E-state index contributed by atoms with van der Waals surface area (Å²) in [6.07, 6.45) is 6.50. The molecule has 0 unspecified atom stereocenters. The molecule has 1 nitrogen and oxygen atoms in total. The van der Waals surface area contributed by atoms with Crippen LogP contribution in [-0.4, -0.2) is 18.8 Å². The zero-order valence-electron chi connectivity index (χ0n) is 8.34. The normalized spacial score (nSPS) is 30.6. The van der Waals surface area contributed by atoms with Gasteiger partial charge in [0.25, 0.3) is 0 Å². The van der Waals surface area contributed by atoms with E-state index in [9.17, 15) is 0 Å². The van der Waals surface area contributed by atoms with E-state index in [1.54, 1.807) is 0 Å². The first-order chi connectivity index (χ1) is 6.29. The van der Waals surface area contributed by atoms with E-state index in [0.717, 1.165) is 18.8 Å².